The Balaban J connectivity index is 1.78. The largest absolute Gasteiger partial charge is 0.482 e. The van der Waals surface area contributed by atoms with E-state index in [1.807, 2.05) is 31.2 Å². The van der Waals surface area contributed by atoms with Crippen LogP contribution in [0.2, 0.25) is 0 Å². The van der Waals surface area contributed by atoms with Crippen molar-refractivity contribution in [3.05, 3.63) is 101 Å². The Morgan fingerprint density at radius 3 is 2.47 bits per heavy atom. The molecule has 0 saturated heterocycles. The van der Waals surface area contributed by atoms with Gasteiger partial charge in [0.05, 0.1) is 0 Å². The number of thioether (sulfide) groups is 1. The summed E-state index contributed by atoms with van der Waals surface area (Å²) in [6.45, 7) is 3.78. The number of hydrogen-bond acceptors (Lipinski definition) is 3. The number of aliphatic carboxylic acids is 1. The van der Waals surface area contributed by atoms with Gasteiger partial charge in [0.2, 0.25) is 0 Å². The Morgan fingerprint density at radius 2 is 1.77 bits per heavy atom. The summed E-state index contributed by atoms with van der Waals surface area (Å²) < 4.78 is 5.31. The van der Waals surface area contributed by atoms with Gasteiger partial charge in [0.1, 0.15) is 5.75 Å². The second kappa shape index (κ2) is 10.7. The van der Waals surface area contributed by atoms with Gasteiger partial charge in [-0.25, -0.2) is 4.79 Å². The number of carboxylic acids is 1. The van der Waals surface area contributed by atoms with E-state index in [0.29, 0.717) is 5.75 Å². The molecule has 0 fully saturated rings. The van der Waals surface area contributed by atoms with E-state index in [0.717, 1.165) is 22.6 Å². The molecule has 1 N–H and O–H groups in total. The molecule has 0 heterocycles. The van der Waals surface area contributed by atoms with Crippen LogP contribution >= 0.6 is 11.8 Å². The lowest BCUT2D eigenvalue weighted by atomic mass is 9.96. The quantitative estimate of drug-likeness (QED) is 0.418. The minimum Gasteiger partial charge on any atom is -0.482 e. The molecule has 0 saturated carbocycles. The molecule has 0 aliphatic heterocycles. The molecule has 3 rings (SSSR count). The second-order valence-electron chi connectivity index (χ2n) is 6.96. The number of rotatable bonds is 9. The Morgan fingerprint density at radius 1 is 1.00 bits per heavy atom. The minimum absolute atomic E-state index is 0.326. The highest BCUT2D eigenvalue weighted by molar-refractivity contribution is 7.99. The molecular formula is C26H26O3S. The number of carbonyl (C=O) groups is 1. The van der Waals surface area contributed by atoms with Gasteiger partial charge in [-0.3, -0.25) is 0 Å². The van der Waals surface area contributed by atoms with E-state index in [2.05, 4.69) is 61.5 Å². The Bertz CT molecular complexity index is 1030. The molecule has 0 atom stereocenters. The first kappa shape index (κ1) is 21.7. The van der Waals surface area contributed by atoms with Crippen LogP contribution in [0.4, 0.5) is 0 Å². The smallest absolute Gasteiger partial charge is 0.341 e. The van der Waals surface area contributed by atoms with E-state index in [9.17, 15) is 4.79 Å². The molecule has 0 aliphatic rings. The first-order chi connectivity index (χ1) is 14.6. The number of ether oxygens (including phenoxy) is 1. The minimum atomic E-state index is -0.974. The van der Waals surface area contributed by atoms with Crippen LogP contribution in [0.1, 0.15) is 29.2 Å². The highest BCUT2D eigenvalue weighted by atomic mass is 32.2. The molecule has 154 valence electrons. The number of aryl methyl sites for hydroxylation is 2. The summed E-state index contributed by atoms with van der Waals surface area (Å²) in [6.07, 6.45) is 3.29. The molecule has 3 aromatic rings. The van der Waals surface area contributed by atoms with Gasteiger partial charge in [-0.1, -0.05) is 67.6 Å². The zero-order valence-electron chi connectivity index (χ0n) is 17.3. The van der Waals surface area contributed by atoms with E-state index in [-0.39, 0.29) is 6.61 Å². The molecule has 0 unspecified atom stereocenters. The predicted molar refractivity (Wildman–Crippen MR) is 124 cm³/mol. The van der Waals surface area contributed by atoms with Gasteiger partial charge in [0, 0.05) is 10.6 Å². The molecule has 0 aliphatic carbocycles. The summed E-state index contributed by atoms with van der Waals surface area (Å²) in [7, 11) is 0. The van der Waals surface area contributed by atoms with Gasteiger partial charge >= 0.3 is 5.97 Å². The van der Waals surface area contributed by atoms with Gasteiger partial charge in [0.25, 0.3) is 0 Å². The van der Waals surface area contributed by atoms with Gasteiger partial charge in [-0.2, -0.15) is 0 Å². The van der Waals surface area contributed by atoms with E-state index >= 15 is 0 Å². The molecular weight excluding hydrogens is 392 g/mol. The van der Waals surface area contributed by atoms with Crippen molar-refractivity contribution in [2.24, 2.45) is 0 Å². The lowest BCUT2D eigenvalue weighted by Gasteiger charge is -2.11. The number of carboxylic acid groups (broad SMARTS) is 1. The Kier molecular flexibility index (Phi) is 7.75. The van der Waals surface area contributed by atoms with Crippen molar-refractivity contribution in [3.8, 4) is 5.75 Å². The predicted octanol–water partition coefficient (Wildman–Crippen LogP) is 6.24. The number of benzene rings is 3. The molecule has 0 radical (unpaired) electrons. The van der Waals surface area contributed by atoms with E-state index < -0.39 is 5.97 Å². The Labute approximate surface area is 182 Å². The summed E-state index contributed by atoms with van der Waals surface area (Å²) in [5.74, 6) is 0.465. The molecule has 3 nitrogen and oxygen atoms in total. The molecule has 0 aromatic heterocycles. The lowest BCUT2D eigenvalue weighted by Crippen LogP contribution is -2.09. The average Bonchev–Trinajstić information content (AvgIpc) is 2.76. The summed E-state index contributed by atoms with van der Waals surface area (Å²) in [6, 6.07) is 25.0. The third-order valence-electron chi connectivity index (χ3n) is 4.77. The monoisotopic (exact) mass is 418 g/mol. The third kappa shape index (κ3) is 6.01. The summed E-state index contributed by atoms with van der Waals surface area (Å²) >= 11 is 1.75. The van der Waals surface area contributed by atoms with Crippen molar-refractivity contribution in [2.75, 3.05) is 12.4 Å². The van der Waals surface area contributed by atoms with Crippen LogP contribution in [0.5, 0.6) is 5.75 Å². The van der Waals surface area contributed by atoms with E-state index in [1.165, 1.54) is 22.3 Å². The maximum Gasteiger partial charge on any atom is 0.341 e. The molecule has 4 heteroatoms. The topological polar surface area (TPSA) is 46.5 Å². The maximum atomic E-state index is 10.7. The molecule has 0 spiro atoms. The first-order valence-electron chi connectivity index (χ1n) is 9.99. The van der Waals surface area contributed by atoms with Crippen molar-refractivity contribution in [2.45, 2.75) is 25.2 Å². The van der Waals surface area contributed by atoms with Crippen molar-refractivity contribution < 1.29 is 14.6 Å². The zero-order chi connectivity index (χ0) is 21.3. The van der Waals surface area contributed by atoms with Crippen LogP contribution in [0.3, 0.4) is 0 Å². The van der Waals surface area contributed by atoms with Crippen molar-refractivity contribution in [1.82, 2.24) is 0 Å². The van der Waals surface area contributed by atoms with Gasteiger partial charge in [0.15, 0.2) is 6.61 Å². The molecule has 30 heavy (non-hydrogen) atoms. The standard InChI is InChI=1S/C26H26O3S/c1-3-20-8-7-11-22(17-20)24(21-9-5-4-6-10-21)14-15-30-23-12-13-25(19(2)16-23)29-18-26(27)28/h4-14,16-17H,3,15,18H2,1-2H3,(H,27,28)/b24-14-. The molecule has 0 amide bonds. The van der Waals surface area contributed by atoms with Gasteiger partial charge in [-0.05, 0) is 59.4 Å². The normalized spacial score (nSPS) is 11.3. The zero-order valence-corrected chi connectivity index (χ0v) is 18.1. The maximum absolute atomic E-state index is 10.7. The Hall–Kier alpha value is -2.98. The molecule has 3 aromatic carbocycles. The van der Waals surface area contributed by atoms with E-state index in [4.69, 9.17) is 9.84 Å². The fourth-order valence-electron chi connectivity index (χ4n) is 3.21. The number of hydrogen-bond donors (Lipinski definition) is 1. The van der Waals surface area contributed by atoms with Gasteiger partial charge < -0.3 is 9.84 Å². The highest BCUT2D eigenvalue weighted by Crippen LogP contribution is 2.29. The first-order valence-corrected chi connectivity index (χ1v) is 11.0. The van der Waals surface area contributed by atoms with Crippen LogP contribution in [-0.4, -0.2) is 23.4 Å². The molecule has 0 bridgehead atoms. The highest BCUT2D eigenvalue weighted by Gasteiger charge is 2.07. The van der Waals surface area contributed by atoms with Crippen molar-refractivity contribution >= 4 is 23.3 Å². The SMILES string of the molecule is CCc1cccc(/C(=C\CSc2ccc(OCC(=O)O)c(C)c2)c2ccccc2)c1. The van der Waals surface area contributed by atoms with E-state index in [1.54, 1.807) is 11.8 Å². The fourth-order valence-corrected chi connectivity index (χ4v) is 4.08. The van der Waals surface area contributed by atoms with Crippen LogP contribution in [0.15, 0.2) is 83.8 Å². The van der Waals surface area contributed by atoms with Crippen molar-refractivity contribution in [1.29, 1.82) is 0 Å². The average molecular weight is 419 g/mol. The van der Waals surface area contributed by atoms with Crippen LogP contribution in [0.25, 0.3) is 5.57 Å². The summed E-state index contributed by atoms with van der Waals surface area (Å²) in [4.78, 5) is 11.8. The van der Waals surface area contributed by atoms with Crippen molar-refractivity contribution in [3.63, 3.8) is 0 Å². The van der Waals surface area contributed by atoms with Crippen LogP contribution in [0, 0.1) is 6.92 Å². The summed E-state index contributed by atoms with van der Waals surface area (Å²) in [5, 5.41) is 8.77. The van der Waals surface area contributed by atoms with Crippen LogP contribution in [-0.2, 0) is 11.2 Å². The second-order valence-corrected chi connectivity index (χ2v) is 8.05. The third-order valence-corrected chi connectivity index (χ3v) is 5.69. The summed E-state index contributed by atoms with van der Waals surface area (Å²) in [5.41, 5.74) is 5.94. The lowest BCUT2D eigenvalue weighted by molar-refractivity contribution is -0.139. The fraction of sp³-hybridized carbons (Fsp3) is 0.192. The van der Waals surface area contributed by atoms with Gasteiger partial charge in [-0.15, -0.1) is 11.8 Å². The van der Waals surface area contributed by atoms with Crippen LogP contribution < -0.4 is 4.74 Å².